The van der Waals surface area contributed by atoms with Gasteiger partial charge in [0.05, 0.1) is 29.1 Å². The van der Waals surface area contributed by atoms with Crippen LogP contribution in [0, 0.1) is 0 Å². The third-order valence-electron chi connectivity index (χ3n) is 5.64. The van der Waals surface area contributed by atoms with Gasteiger partial charge in [0.2, 0.25) is 5.91 Å². The van der Waals surface area contributed by atoms with Crippen molar-refractivity contribution in [3.8, 4) is 0 Å². The fraction of sp³-hybridized carbons (Fsp3) is 0.273. The molecule has 1 aliphatic heterocycles. The van der Waals surface area contributed by atoms with E-state index in [0.29, 0.717) is 24.0 Å². The molecule has 152 valence electrons. The van der Waals surface area contributed by atoms with E-state index in [1.807, 2.05) is 41.6 Å². The number of carbonyl (C=O) groups excluding carboxylic acids is 1. The number of nitrogens with zero attached hydrogens (tertiary/aromatic N) is 6. The van der Waals surface area contributed by atoms with Gasteiger partial charge in [-0.1, -0.05) is 18.2 Å². The Morgan fingerprint density at radius 2 is 1.77 bits per heavy atom. The van der Waals surface area contributed by atoms with Crippen LogP contribution in [0.4, 0.5) is 0 Å². The molecule has 0 bridgehead atoms. The topological polar surface area (TPSA) is 75.7 Å². The molecule has 1 aromatic carbocycles. The second-order valence-corrected chi connectivity index (χ2v) is 7.53. The van der Waals surface area contributed by atoms with Crippen LogP contribution < -0.4 is 5.56 Å². The highest BCUT2D eigenvalue weighted by atomic mass is 16.2. The summed E-state index contributed by atoms with van der Waals surface area (Å²) in [7, 11) is 0. The number of carbonyl (C=O) groups is 1. The Kier molecular flexibility index (Phi) is 4.76. The van der Waals surface area contributed by atoms with Gasteiger partial charge in [0.25, 0.3) is 5.56 Å². The number of rotatable bonds is 4. The first-order valence-corrected chi connectivity index (χ1v) is 10.0. The van der Waals surface area contributed by atoms with Gasteiger partial charge in [0.15, 0.2) is 0 Å². The molecule has 1 amide bonds. The number of hydrogen-bond donors (Lipinski definition) is 0. The Bertz CT molecular complexity index is 1270. The molecule has 8 heteroatoms. The SMILES string of the molecule is O=C(Cn1cnc2ccccc2c1=O)N1CCN(Cc2cnc3ccccn23)CC1. The Balaban J connectivity index is 1.22. The van der Waals surface area contributed by atoms with Gasteiger partial charge in [-0.25, -0.2) is 9.97 Å². The Labute approximate surface area is 173 Å². The van der Waals surface area contributed by atoms with Gasteiger partial charge in [0.1, 0.15) is 12.2 Å². The molecule has 0 spiro atoms. The van der Waals surface area contributed by atoms with E-state index in [9.17, 15) is 9.59 Å². The van der Waals surface area contributed by atoms with Crippen LogP contribution in [0.25, 0.3) is 16.6 Å². The summed E-state index contributed by atoms with van der Waals surface area (Å²) in [6.45, 7) is 3.68. The normalized spacial score (nSPS) is 15.1. The molecular formula is C22H22N6O2. The van der Waals surface area contributed by atoms with Crippen molar-refractivity contribution in [3.63, 3.8) is 0 Å². The highest BCUT2D eigenvalue weighted by Crippen LogP contribution is 2.12. The van der Waals surface area contributed by atoms with E-state index in [1.54, 1.807) is 18.2 Å². The average molecular weight is 402 g/mol. The fourth-order valence-corrected chi connectivity index (χ4v) is 3.95. The van der Waals surface area contributed by atoms with E-state index in [4.69, 9.17) is 0 Å². The van der Waals surface area contributed by atoms with Crippen LogP contribution in [0.1, 0.15) is 5.69 Å². The highest BCUT2D eigenvalue weighted by Gasteiger charge is 2.22. The van der Waals surface area contributed by atoms with Crippen molar-refractivity contribution < 1.29 is 4.79 Å². The van der Waals surface area contributed by atoms with Crippen LogP contribution in [-0.4, -0.2) is 60.8 Å². The monoisotopic (exact) mass is 402 g/mol. The molecular weight excluding hydrogens is 380 g/mol. The van der Waals surface area contributed by atoms with E-state index in [-0.39, 0.29) is 18.0 Å². The summed E-state index contributed by atoms with van der Waals surface area (Å²) in [6, 6.07) is 13.2. The van der Waals surface area contributed by atoms with Crippen LogP contribution in [0.15, 0.2) is 66.0 Å². The molecule has 1 aliphatic rings. The zero-order valence-electron chi connectivity index (χ0n) is 16.5. The predicted octanol–water partition coefficient (Wildman–Crippen LogP) is 1.39. The van der Waals surface area contributed by atoms with Gasteiger partial charge < -0.3 is 9.30 Å². The van der Waals surface area contributed by atoms with Crippen molar-refractivity contribution in [1.29, 1.82) is 0 Å². The van der Waals surface area contributed by atoms with Crippen molar-refractivity contribution in [2.75, 3.05) is 26.2 Å². The van der Waals surface area contributed by atoms with Crippen molar-refractivity contribution >= 4 is 22.5 Å². The molecule has 5 rings (SSSR count). The van der Waals surface area contributed by atoms with Crippen molar-refractivity contribution in [2.45, 2.75) is 13.1 Å². The van der Waals surface area contributed by atoms with Gasteiger partial charge in [0, 0.05) is 38.9 Å². The van der Waals surface area contributed by atoms with Crippen LogP contribution >= 0.6 is 0 Å². The lowest BCUT2D eigenvalue weighted by Crippen LogP contribution is -2.49. The summed E-state index contributed by atoms with van der Waals surface area (Å²) in [4.78, 5) is 38.3. The first-order valence-electron chi connectivity index (χ1n) is 10.0. The minimum Gasteiger partial charge on any atom is -0.339 e. The molecule has 4 aromatic rings. The summed E-state index contributed by atoms with van der Waals surface area (Å²) >= 11 is 0. The number of pyridine rings is 1. The molecule has 8 nitrogen and oxygen atoms in total. The molecule has 0 atom stereocenters. The number of fused-ring (bicyclic) bond motifs is 2. The molecule has 1 saturated heterocycles. The van der Waals surface area contributed by atoms with Crippen molar-refractivity contribution in [1.82, 2.24) is 28.7 Å². The number of hydrogen-bond acceptors (Lipinski definition) is 5. The van der Waals surface area contributed by atoms with E-state index >= 15 is 0 Å². The summed E-state index contributed by atoms with van der Waals surface area (Å²) in [5, 5.41) is 0.533. The Morgan fingerprint density at radius 1 is 0.967 bits per heavy atom. The molecule has 30 heavy (non-hydrogen) atoms. The van der Waals surface area contributed by atoms with Crippen LogP contribution in [0.3, 0.4) is 0 Å². The molecule has 0 aliphatic carbocycles. The Morgan fingerprint density at radius 3 is 2.63 bits per heavy atom. The number of amides is 1. The smallest absolute Gasteiger partial charge is 0.261 e. The van der Waals surface area contributed by atoms with Gasteiger partial charge in [-0.2, -0.15) is 0 Å². The van der Waals surface area contributed by atoms with E-state index in [2.05, 4.69) is 19.3 Å². The van der Waals surface area contributed by atoms with Gasteiger partial charge in [-0.3, -0.25) is 19.1 Å². The van der Waals surface area contributed by atoms with E-state index in [1.165, 1.54) is 10.9 Å². The lowest BCUT2D eigenvalue weighted by molar-refractivity contribution is -0.133. The number of benzene rings is 1. The molecule has 0 unspecified atom stereocenters. The fourth-order valence-electron chi connectivity index (χ4n) is 3.95. The first-order chi connectivity index (χ1) is 14.7. The van der Waals surface area contributed by atoms with Gasteiger partial charge in [-0.05, 0) is 24.3 Å². The maximum absolute atomic E-state index is 12.8. The van der Waals surface area contributed by atoms with Crippen LogP contribution in [0.2, 0.25) is 0 Å². The summed E-state index contributed by atoms with van der Waals surface area (Å²) in [6.07, 6.45) is 5.39. The number of aromatic nitrogens is 4. The first kappa shape index (κ1) is 18.5. The minimum atomic E-state index is -0.180. The number of piperazine rings is 1. The summed E-state index contributed by atoms with van der Waals surface area (Å²) in [5.41, 5.74) is 2.54. The van der Waals surface area contributed by atoms with Gasteiger partial charge in [-0.15, -0.1) is 0 Å². The minimum absolute atomic E-state index is 0.0178. The van der Waals surface area contributed by atoms with E-state index in [0.717, 1.165) is 31.0 Å². The number of imidazole rings is 1. The number of para-hydroxylation sites is 1. The third-order valence-corrected chi connectivity index (χ3v) is 5.64. The highest BCUT2D eigenvalue weighted by molar-refractivity contribution is 5.79. The maximum atomic E-state index is 12.8. The lowest BCUT2D eigenvalue weighted by Gasteiger charge is -2.34. The molecule has 3 aromatic heterocycles. The average Bonchev–Trinajstić information content (AvgIpc) is 3.19. The third kappa shape index (κ3) is 3.46. The van der Waals surface area contributed by atoms with Crippen LogP contribution in [0.5, 0.6) is 0 Å². The molecule has 0 radical (unpaired) electrons. The van der Waals surface area contributed by atoms with Crippen molar-refractivity contribution in [2.24, 2.45) is 0 Å². The lowest BCUT2D eigenvalue weighted by atomic mass is 10.2. The summed E-state index contributed by atoms with van der Waals surface area (Å²) in [5.74, 6) is -0.0522. The van der Waals surface area contributed by atoms with Gasteiger partial charge >= 0.3 is 0 Å². The quantitative estimate of drug-likeness (QED) is 0.516. The molecule has 4 heterocycles. The maximum Gasteiger partial charge on any atom is 0.261 e. The molecule has 1 fully saturated rings. The Hall–Kier alpha value is -3.52. The molecule has 0 saturated carbocycles. The van der Waals surface area contributed by atoms with Crippen LogP contribution in [-0.2, 0) is 17.9 Å². The predicted molar refractivity (Wildman–Crippen MR) is 113 cm³/mol. The zero-order chi connectivity index (χ0) is 20.5. The second kappa shape index (κ2) is 7.72. The molecule has 0 N–H and O–H groups in total. The van der Waals surface area contributed by atoms with Crippen molar-refractivity contribution in [3.05, 3.63) is 77.2 Å². The standard InChI is InChI=1S/C22H22N6O2/c29-21(15-27-16-24-19-6-2-1-5-18(19)22(27)30)26-11-9-25(10-12-26)14-17-13-23-20-7-3-4-8-28(17)20/h1-8,13,16H,9-12,14-15H2. The zero-order valence-corrected chi connectivity index (χ0v) is 16.5. The second-order valence-electron chi connectivity index (χ2n) is 7.53. The largest absolute Gasteiger partial charge is 0.339 e. The van der Waals surface area contributed by atoms with E-state index < -0.39 is 0 Å². The summed E-state index contributed by atoms with van der Waals surface area (Å²) < 4.78 is 3.49.